The van der Waals surface area contributed by atoms with Gasteiger partial charge in [-0.25, -0.2) is 9.59 Å². The summed E-state index contributed by atoms with van der Waals surface area (Å²) in [4.78, 5) is 51.9. The second-order valence-corrected chi connectivity index (χ2v) is 8.97. The zero-order chi connectivity index (χ0) is 27.0. The summed E-state index contributed by atoms with van der Waals surface area (Å²) in [6.45, 7) is 7.62. The molecule has 2 heterocycles. The molecule has 0 unspecified atom stereocenters. The molecule has 11 nitrogen and oxygen atoms in total. The minimum absolute atomic E-state index is 0.179. The van der Waals surface area contributed by atoms with E-state index in [-0.39, 0.29) is 12.4 Å². The average molecular weight is 518 g/mol. The van der Waals surface area contributed by atoms with Gasteiger partial charge in [-0.2, -0.15) is 13.8 Å². The predicted octanol–water partition coefficient (Wildman–Crippen LogP) is 3.28. The summed E-state index contributed by atoms with van der Waals surface area (Å²) >= 11 is 0. The minimum Gasteiger partial charge on any atom is -0.463 e. The Hall–Kier alpha value is -3.09. The molecule has 13 heteroatoms. The lowest BCUT2D eigenvalue weighted by molar-refractivity contribution is -0.180. The van der Waals surface area contributed by atoms with Gasteiger partial charge in [0.25, 0.3) is 0 Å². The molecule has 0 saturated carbocycles. The van der Waals surface area contributed by atoms with Crippen molar-refractivity contribution in [2.24, 2.45) is 11.8 Å². The van der Waals surface area contributed by atoms with Gasteiger partial charge in [0.2, 0.25) is 6.23 Å². The first kappa shape index (κ1) is 29.1. The van der Waals surface area contributed by atoms with Gasteiger partial charge in [0, 0.05) is 6.20 Å². The molecule has 1 aliphatic rings. The van der Waals surface area contributed by atoms with Crippen molar-refractivity contribution in [2.75, 3.05) is 18.5 Å². The predicted molar refractivity (Wildman–Crippen MR) is 122 cm³/mol. The van der Waals surface area contributed by atoms with Gasteiger partial charge in [0.1, 0.15) is 18.5 Å². The lowest BCUT2D eigenvalue weighted by atomic mass is 10.1. The first-order valence-electron chi connectivity index (χ1n) is 11.8. The molecule has 1 fully saturated rings. The number of nitrogens with one attached hydrogen (secondary N) is 1. The second kappa shape index (κ2) is 12.7. The monoisotopic (exact) mass is 517 g/mol. The molecule has 0 aromatic carbocycles. The van der Waals surface area contributed by atoms with Gasteiger partial charge < -0.3 is 18.9 Å². The van der Waals surface area contributed by atoms with Gasteiger partial charge in [0.05, 0.1) is 18.4 Å². The smallest absolute Gasteiger partial charge is 0.412 e. The van der Waals surface area contributed by atoms with Crippen LogP contribution in [-0.4, -0.2) is 58.9 Å². The molecule has 2 rings (SSSR count). The summed E-state index contributed by atoms with van der Waals surface area (Å²) < 4.78 is 51.7. The van der Waals surface area contributed by atoms with Crippen LogP contribution >= 0.6 is 0 Å². The Morgan fingerprint density at radius 3 is 2.39 bits per heavy atom. The Kier molecular flexibility index (Phi) is 10.3. The van der Waals surface area contributed by atoms with E-state index in [0.29, 0.717) is 11.0 Å². The van der Waals surface area contributed by atoms with Crippen molar-refractivity contribution in [1.29, 1.82) is 0 Å². The molecule has 3 atom stereocenters. The fourth-order valence-electron chi connectivity index (χ4n) is 3.16. The maximum absolute atomic E-state index is 15.4. The molecule has 0 spiro atoms. The number of unbranched alkanes of at least 4 members (excludes halogenated alkanes) is 2. The minimum atomic E-state index is -3.88. The summed E-state index contributed by atoms with van der Waals surface area (Å²) in [6.07, 6.45) is -3.27. The maximum Gasteiger partial charge on any atom is 0.412 e. The molecular formula is C23H33F2N3O8. The van der Waals surface area contributed by atoms with Crippen molar-refractivity contribution >= 4 is 23.8 Å². The van der Waals surface area contributed by atoms with Crippen molar-refractivity contribution in [2.45, 2.75) is 78.2 Å². The van der Waals surface area contributed by atoms with Gasteiger partial charge in [0.15, 0.2) is 6.10 Å². The zero-order valence-electron chi connectivity index (χ0n) is 21.0. The molecule has 1 aliphatic heterocycles. The van der Waals surface area contributed by atoms with Crippen LogP contribution in [0.5, 0.6) is 0 Å². The quantitative estimate of drug-likeness (QED) is 0.266. The van der Waals surface area contributed by atoms with Crippen LogP contribution in [0.15, 0.2) is 17.1 Å². The molecule has 202 valence electrons. The highest BCUT2D eigenvalue weighted by Crippen LogP contribution is 2.44. The Morgan fingerprint density at radius 2 is 1.81 bits per heavy atom. The summed E-state index contributed by atoms with van der Waals surface area (Å²) in [5.41, 5.74) is -1.16. The third-order valence-corrected chi connectivity index (χ3v) is 5.22. The van der Waals surface area contributed by atoms with Crippen molar-refractivity contribution in [3.63, 3.8) is 0 Å². The van der Waals surface area contributed by atoms with E-state index in [9.17, 15) is 19.2 Å². The number of nitrogens with zero attached hydrogens (tertiary/aromatic N) is 2. The lowest BCUT2D eigenvalue weighted by Crippen LogP contribution is -2.45. The summed E-state index contributed by atoms with van der Waals surface area (Å²) in [5, 5.41) is 2.26. The van der Waals surface area contributed by atoms with Crippen molar-refractivity contribution in [1.82, 2.24) is 9.55 Å². The number of hydrogen-bond donors (Lipinski definition) is 1. The zero-order valence-corrected chi connectivity index (χ0v) is 21.0. The van der Waals surface area contributed by atoms with E-state index in [4.69, 9.17) is 18.9 Å². The van der Waals surface area contributed by atoms with Gasteiger partial charge in [-0.05, 0) is 12.5 Å². The molecule has 1 aromatic rings. The van der Waals surface area contributed by atoms with Gasteiger partial charge in [-0.3, -0.25) is 19.5 Å². The van der Waals surface area contributed by atoms with Crippen LogP contribution in [0.2, 0.25) is 0 Å². The van der Waals surface area contributed by atoms with Crippen molar-refractivity contribution in [3.05, 3.63) is 22.7 Å². The SMILES string of the molecule is CCCCCOC(=O)Nc1ccn([C@@H]2O[C@H](COC(=O)C(C)C)[C@@H](OC(=O)C(C)C)C2(F)F)c(=O)n1. The molecular weight excluding hydrogens is 484 g/mol. The van der Waals surface area contributed by atoms with E-state index in [1.54, 1.807) is 13.8 Å². The lowest BCUT2D eigenvalue weighted by Gasteiger charge is -2.25. The van der Waals surface area contributed by atoms with Crippen LogP contribution in [0.1, 0.15) is 60.1 Å². The highest BCUT2D eigenvalue weighted by molar-refractivity contribution is 5.83. The third kappa shape index (κ3) is 7.45. The number of amides is 1. The standard InChI is InChI=1S/C23H33F2N3O8/c1-6-7-8-11-33-22(32)27-16-9-10-28(21(31)26-16)20-23(24,25)17(36-19(30)14(4)5)15(35-20)12-34-18(29)13(2)3/h9-10,13-15,17,20H,6-8,11-12H2,1-5H3,(H,26,27,31,32)/t15-,17-,20-/m1/s1. The van der Waals surface area contributed by atoms with E-state index >= 15 is 8.78 Å². The third-order valence-electron chi connectivity index (χ3n) is 5.22. The first-order chi connectivity index (χ1) is 16.9. The topological polar surface area (TPSA) is 135 Å². The number of rotatable bonds is 11. The van der Waals surface area contributed by atoms with Crippen LogP contribution in [0.25, 0.3) is 0 Å². The Balaban J connectivity index is 2.22. The van der Waals surface area contributed by atoms with Crippen LogP contribution in [0.3, 0.4) is 0 Å². The number of ether oxygens (including phenoxy) is 4. The number of alkyl halides is 2. The summed E-state index contributed by atoms with van der Waals surface area (Å²) in [5.74, 6) is -6.89. The second-order valence-electron chi connectivity index (χ2n) is 8.97. The van der Waals surface area contributed by atoms with Crippen LogP contribution < -0.4 is 11.0 Å². The number of halogens is 2. The molecule has 1 amide bonds. The van der Waals surface area contributed by atoms with Crippen LogP contribution in [0, 0.1) is 11.8 Å². The number of carbonyl (C=O) groups is 3. The normalized spacial score (nSPS) is 20.9. The fraction of sp³-hybridized carbons (Fsp3) is 0.696. The number of esters is 2. The first-order valence-corrected chi connectivity index (χ1v) is 11.8. The summed E-state index contributed by atoms with van der Waals surface area (Å²) in [7, 11) is 0. The molecule has 1 saturated heterocycles. The number of aromatic nitrogens is 2. The average Bonchev–Trinajstić information content (AvgIpc) is 3.04. The summed E-state index contributed by atoms with van der Waals surface area (Å²) in [6, 6.07) is 1.12. The van der Waals surface area contributed by atoms with E-state index in [0.717, 1.165) is 25.1 Å². The van der Waals surface area contributed by atoms with Crippen LogP contribution in [-0.2, 0) is 28.5 Å². The highest BCUT2D eigenvalue weighted by Gasteiger charge is 2.63. The van der Waals surface area contributed by atoms with E-state index in [2.05, 4.69) is 10.3 Å². The molecule has 0 radical (unpaired) electrons. The molecule has 0 aliphatic carbocycles. The molecule has 0 bridgehead atoms. The Morgan fingerprint density at radius 1 is 1.14 bits per heavy atom. The fourth-order valence-corrected chi connectivity index (χ4v) is 3.16. The molecule has 1 N–H and O–H groups in total. The van der Waals surface area contributed by atoms with Crippen molar-refractivity contribution < 1.29 is 42.1 Å². The maximum atomic E-state index is 15.4. The largest absolute Gasteiger partial charge is 0.463 e. The number of hydrogen-bond acceptors (Lipinski definition) is 9. The Labute approximate surface area is 207 Å². The van der Waals surface area contributed by atoms with E-state index in [1.165, 1.54) is 13.8 Å². The van der Waals surface area contributed by atoms with Gasteiger partial charge >= 0.3 is 29.6 Å². The number of anilines is 1. The van der Waals surface area contributed by atoms with E-state index in [1.807, 2.05) is 6.92 Å². The van der Waals surface area contributed by atoms with E-state index < -0.39 is 66.5 Å². The molecule has 1 aromatic heterocycles. The Bertz CT molecular complexity index is 982. The van der Waals surface area contributed by atoms with Gasteiger partial charge in [-0.1, -0.05) is 47.5 Å². The van der Waals surface area contributed by atoms with Crippen LogP contribution in [0.4, 0.5) is 19.4 Å². The van der Waals surface area contributed by atoms with Gasteiger partial charge in [-0.15, -0.1) is 0 Å². The number of carbonyl (C=O) groups excluding carboxylic acids is 3. The van der Waals surface area contributed by atoms with Crippen molar-refractivity contribution in [3.8, 4) is 0 Å². The molecule has 36 heavy (non-hydrogen) atoms. The highest BCUT2D eigenvalue weighted by atomic mass is 19.3.